The molecular weight excluding hydrogens is 242 g/mol. The van der Waals surface area contributed by atoms with Crippen LogP contribution < -0.4 is 5.32 Å². The smallest absolute Gasteiger partial charge is 0.162 e. The molecular formula is C15H25NO3. The zero-order chi connectivity index (χ0) is 13.9. The molecule has 2 rings (SSSR count). The third kappa shape index (κ3) is 3.66. The lowest BCUT2D eigenvalue weighted by molar-refractivity contribution is -0.203. The van der Waals surface area contributed by atoms with Gasteiger partial charge in [0.05, 0.1) is 25.4 Å². The van der Waals surface area contributed by atoms with Gasteiger partial charge in [0.2, 0.25) is 0 Å². The Balaban J connectivity index is 2.04. The van der Waals surface area contributed by atoms with Gasteiger partial charge in [0, 0.05) is 5.54 Å². The van der Waals surface area contributed by atoms with Crippen molar-refractivity contribution in [2.45, 2.75) is 57.1 Å². The van der Waals surface area contributed by atoms with Gasteiger partial charge in [-0.2, -0.15) is 0 Å². The molecule has 0 bridgehead atoms. The standard InChI is InChI=1S/C15H25NO3/c1-4-15(8-6-5-7-9-15)16-12-10-18-14(2,3)19-11-13(12)17/h5-8,12-13,16-17H,4,9-11H2,1-3H3/t12-,13-,15-/m0/s1. The van der Waals surface area contributed by atoms with Crippen LogP contribution >= 0.6 is 0 Å². The van der Waals surface area contributed by atoms with Gasteiger partial charge < -0.3 is 19.9 Å². The maximum atomic E-state index is 10.2. The first-order valence-corrected chi connectivity index (χ1v) is 7.04. The molecule has 3 atom stereocenters. The Bertz CT molecular complexity index is 364. The summed E-state index contributed by atoms with van der Waals surface area (Å²) in [7, 11) is 0. The summed E-state index contributed by atoms with van der Waals surface area (Å²) in [6.45, 7) is 6.65. The third-order valence-electron chi connectivity index (χ3n) is 3.92. The fourth-order valence-corrected chi connectivity index (χ4v) is 2.49. The Morgan fingerprint density at radius 2 is 2.00 bits per heavy atom. The molecule has 0 aromatic carbocycles. The van der Waals surface area contributed by atoms with E-state index in [0.29, 0.717) is 13.2 Å². The number of hydrogen-bond donors (Lipinski definition) is 2. The Kier molecular flexibility index (Phi) is 4.46. The fraction of sp³-hybridized carbons (Fsp3) is 0.733. The summed E-state index contributed by atoms with van der Waals surface area (Å²) in [6, 6.07) is -0.113. The summed E-state index contributed by atoms with van der Waals surface area (Å²) >= 11 is 0. The zero-order valence-electron chi connectivity index (χ0n) is 12.1. The molecule has 2 N–H and O–H groups in total. The van der Waals surface area contributed by atoms with Gasteiger partial charge in [0.15, 0.2) is 5.79 Å². The Morgan fingerprint density at radius 3 is 2.63 bits per heavy atom. The van der Waals surface area contributed by atoms with Crippen molar-refractivity contribution in [2.24, 2.45) is 0 Å². The number of nitrogens with one attached hydrogen (secondary N) is 1. The van der Waals surface area contributed by atoms with Crippen LogP contribution in [0.4, 0.5) is 0 Å². The highest BCUT2D eigenvalue weighted by Gasteiger charge is 2.35. The van der Waals surface area contributed by atoms with Crippen molar-refractivity contribution in [3.8, 4) is 0 Å². The van der Waals surface area contributed by atoms with Crippen molar-refractivity contribution < 1.29 is 14.6 Å². The van der Waals surface area contributed by atoms with Gasteiger partial charge in [-0.3, -0.25) is 0 Å². The minimum absolute atomic E-state index is 0.0851. The monoisotopic (exact) mass is 267 g/mol. The molecule has 19 heavy (non-hydrogen) atoms. The molecule has 2 aliphatic rings. The van der Waals surface area contributed by atoms with Crippen molar-refractivity contribution in [1.82, 2.24) is 5.32 Å². The maximum absolute atomic E-state index is 10.2. The summed E-state index contributed by atoms with van der Waals surface area (Å²) in [5.41, 5.74) is -0.0851. The summed E-state index contributed by atoms with van der Waals surface area (Å²) in [6.07, 6.45) is 9.81. The van der Waals surface area contributed by atoms with Crippen LogP contribution in [-0.4, -0.2) is 41.8 Å². The molecule has 0 amide bonds. The van der Waals surface area contributed by atoms with Crippen LogP contribution in [0.3, 0.4) is 0 Å². The second kappa shape index (κ2) is 5.75. The van der Waals surface area contributed by atoms with E-state index < -0.39 is 11.9 Å². The first kappa shape index (κ1) is 14.7. The maximum Gasteiger partial charge on any atom is 0.162 e. The van der Waals surface area contributed by atoms with Crippen molar-refractivity contribution in [1.29, 1.82) is 0 Å². The van der Waals surface area contributed by atoms with Gasteiger partial charge in [-0.15, -0.1) is 0 Å². The topological polar surface area (TPSA) is 50.7 Å². The molecule has 1 saturated heterocycles. The Hall–Kier alpha value is -0.680. The van der Waals surface area contributed by atoms with E-state index in [1.807, 2.05) is 13.8 Å². The summed E-state index contributed by atoms with van der Waals surface area (Å²) < 4.78 is 11.3. The summed E-state index contributed by atoms with van der Waals surface area (Å²) in [4.78, 5) is 0. The van der Waals surface area contributed by atoms with Crippen molar-refractivity contribution >= 4 is 0 Å². The quantitative estimate of drug-likeness (QED) is 0.818. The molecule has 4 nitrogen and oxygen atoms in total. The van der Waals surface area contributed by atoms with Gasteiger partial charge >= 0.3 is 0 Å². The molecule has 1 heterocycles. The molecule has 4 heteroatoms. The van der Waals surface area contributed by atoms with Crippen LogP contribution in [0.2, 0.25) is 0 Å². The zero-order valence-corrected chi connectivity index (χ0v) is 12.1. The van der Waals surface area contributed by atoms with Crippen LogP contribution in [0.15, 0.2) is 24.3 Å². The number of ether oxygens (including phenoxy) is 2. The Morgan fingerprint density at radius 1 is 1.26 bits per heavy atom. The largest absolute Gasteiger partial charge is 0.389 e. The van der Waals surface area contributed by atoms with E-state index in [2.05, 4.69) is 36.5 Å². The lowest BCUT2D eigenvalue weighted by Gasteiger charge is -2.36. The van der Waals surface area contributed by atoms with E-state index in [0.717, 1.165) is 12.8 Å². The molecule has 1 aliphatic carbocycles. The lowest BCUT2D eigenvalue weighted by atomic mass is 9.87. The number of aliphatic hydroxyl groups excluding tert-OH is 1. The van der Waals surface area contributed by atoms with Gasteiger partial charge in [-0.25, -0.2) is 0 Å². The molecule has 108 valence electrons. The summed E-state index contributed by atoms with van der Waals surface area (Å²) in [5.74, 6) is -0.626. The van der Waals surface area contributed by atoms with Crippen LogP contribution in [0.25, 0.3) is 0 Å². The molecule has 0 spiro atoms. The highest BCUT2D eigenvalue weighted by Crippen LogP contribution is 2.25. The van der Waals surface area contributed by atoms with Gasteiger partial charge in [-0.1, -0.05) is 31.2 Å². The normalized spacial score (nSPS) is 38.1. The minimum Gasteiger partial charge on any atom is -0.389 e. The number of allylic oxidation sites excluding steroid dienone is 2. The average molecular weight is 267 g/mol. The number of rotatable bonds is 3. The van der Waals surface area contributed by atoms with Gasteiger partial charge in [0.1, 0.15) is 0 Å². The van der Waals surface area contributed by atoms with Gasteiger partial charge in [-0.05, 0) is 26.7 Å². The lowest BCUT2D eigenvalue weighted by Crippen LogP contribution is -2.55. The minimum atomic E-state index is -0.626. The van der Waals surface area contributed by atoms with E-state index in [1.54, 1.807) is 0 Å². The molecule has 0 aromatic rings. The van der Waals surface area contributed by atoms with E-state index >= 15 is 0 Å². The van der Waals surface area contributed by atoms with Crippen LogP contribution in [0.5, 0.6) is 0 Å². The average Bonchev–Trinajstić information content (AvgIpc) is 2.53. The van der Waals surface area contributed by atoms with Crippen molar-refractivity contribution in [2.75, 3.05) is 13.2 Å². The van der Waals surface area contributed by atoms with Gasteiger partial charge in [0.25, 0.3) is 0 Å². The fourth-order valence-electron chi connectivity index (χ4n) is 2.49. The van der Waals surface area contributed by atoms with Crippen LogP contribution in [0.1, 0.15) is 33.6 Å². The third-order valence-corrected chi connectivity index (χ3v) is 3.92. The van der Waals surface area contributed by atoms with E-state index in [9.17, 15) is 5.11 Å². The number of hydrogen-bond acceptors (Lipinski definition) is 4. The highest BCUT2D eigenvalue weighted by atomic mass is 16.7. The van der Waals surface area contributed by atoms with Crippen molar-refractivity contribution in [3.05, 3.63) is 24.3 Å². The predicted molar refractivity (Wildman–Crippen MR) is 74.8 cm³/mol. The molecule has 0 unspecified atom stereocenters. The second-order valence-corrected chi connectivity index (χ2v) is 5.84. The molecule has 0 radical (unpaired) electrons. The second-order valence-electron chi connectivity index (χ2n) is 5.84. The van der Waals surface area contributed by atoms with Crippen LogP contribution in [0, 0.1) is 0 Å². The van der Waals surface area contributed by atoms with Crippen LogP contribution in [-0.2, 0) is 9.47 Å². The van der Waals surface area contributed by atoms with Crippen molar-refractivity contribution in [3.63, 3.8) is 0 Å². The number of aliphatic hydroxyl groups is 1. The van der Waals surface area contributed by atoms with E-state index in [1.165, 1.54) is 0 Å². The Labute approximate surface area is 115 Å². The molecule has 1 aliphatic heterocycles. The highest BCUT2D eigenvalue weighted by molar-refractivity contribution is 5.21. The van der Waals surface area contributed by atoms with E-state index in [4.69, 9.17) is 9.47 Å². The predicted octanol–water partition coefficient (Wildman–Crippen LogP) is 1.75. The first-order valence-electron chi connectivity index (χ1n) is 7.04. The molecule has 1 fully saturated rings. The molecule has 0 saturated carbocycles. The molecule has 0 aromatic heterocycles. The SMILES string of the molecule is CC[C@]1(N[C@H]2COC(C)(C)OC[C@@H]2O)C=CC=CC1. The summed E-state index contributed by atoms with van der Waals surface area (Å²) in [5, 5.41) is 13.8. The first-order chi connectivity index (χ1) is 8.96. The van der Waals surface area contributed by atoms with E-state index in [-0.39, 0.29) is 11.6 Å².